The second-order valence-electron chi connectivity index (χ2n) is 6.44. The summed E-state index contributed by atoms with van der Waals surface area (Å²) >= 11 is 13.1. The van der Waals surface area contributed by atoms with Crippen LogP contribution in [0.3, 0.4) is 0 Å². The van der Waals surface area contributed by atoms with Gasteiger partial charge in [0.2, 0.25) is 0 Å². The number of carbonyl (C=O) groups is 2. The van der Waals surface area contributed by atoms with Crippen LogP contribution in [0.4, 0.5) is 5.69 Å². The van der Waals surface area contributed by atoms with Gasteiger partial charge in [-0.2, -0.15) is 5.10 Å². The van der Waals surface area contributed by atoms with Gasteiger partial charge < -0.3 is 10.1 Å². The Bertz CT molecular complexity index is 1250. The first-order valence-corrected chi connectivity index (χ1v) is 10.5. The molecule has 4 aromatic rings. The van der Waals surface area contributed by atoms with E-state index in [4.69, 9.17) is 27.9 Å². The number of rotatable bonds is 5. The summed E-state index contributed by atoms with van der Waals surface area (Å²) in [5.41, 5.74) is 2.15. The molecule has 4 rings (SSSR count). The van der Waals surface area contributed by atoms with E-state index in [9.17, 15) is 9.59 Å². The maximum absolute atomic E-state index is 12.5. The number of halogens is 2. The highest BCUT2D eigenvalue weighted by Gasteiger charge is 2.19. The number of thiophene rings is 1. The zero-order valence-corrected chi connectivity index (χ0v) is 18.0. The van der Waals surface area contributed by atoms with E-state index in [-0.39, 0.29) is 0 Å². The van der Waals surface area contributed by atoms with E-state index in [1.54, 1.807) is 47.1 Å². The third-order valence-corrected chi connectivity index (χ3v) is 5.84. The van der Waals surface area contributed by atoms with Crippen molar-refractivity contribution in [2.45, 2.75) is 6.92 Å². The molecule has 0 aliphatic rings. The van der Waals surface area contributed by atoms with Crippen LogP contribution in [0, 0.1) is 6.92 Å². The maximum atomic E-state index is 12.5. The fourth-order valence-electron chi connectivity index (χ4n) is 2.87. The molecule has 2 aromatic heterocycles. The van der Waals surface area contributed by atoms with Crippen molar-refractivity contribution in [3.63, 3.8) is 0 Å². The van der Waals surface area contributed by atoms with Crippen LogP contribution >= 0.6 is 34.5 Å². The highest BCUT2D eigenvalue weighted by atomic mass is 35.5. The molecule has 0 saturated carbocycles. The number of anilines is 1. The zero-order chi connectivity index (χ0) is 21.3. The molecule has 0 unspecified atom stereocenters. The fourth-order valence-corrected chi connectivity index (χ4v) is 4.26. The van der Waals surface area contributed by atoms with Crippen molar-refractivity contribution >= 4 is 62.3 Å². The second-order valence-corrected chi connectivity index (χ2v) is 8.34. The summed E-state index contributed by atoms with van der Waals surface area (Å²) in [4.78, 5) is 25.7. The van der Waals surface area contributed by atoms with Gasteiger partial charge in [0, 0.05) is 21.1 Å². The molecular weight excluding hydrogens is 445 g/mol. The smallest absolute Gasteiger partial charge is 0.348 e. The molecule has 1 N–H and O–H groups in total. The number of nitrogens with one attached hydrogen (secondary N) is 1. The number of hydrogen-bond acceptors (Lipinski definition) is 5. The van der Waals surface area contributed by atoms with Crippen LogP contribution in [-0.2, 0) is 9.53 Å². The van der Waals surface area contributed by atoms with Crippen molar-refractivity contribution in [2.24, 2.45) is 0 Å². The number of amides is 1. The highest BCUT2D eigenvalue weighted by Crippen LogP contribution is 2.31. The number of aromatic nitrogens is 2. The predicted molar refractivity (Wildman–Crippen MR) is 119 cm³/mol. The van der Waals surface area contributed by atoms with Gasteiger partial charge in [0.1, 0.15) is 9.71 Å². The van der Waals surface area contributed by atoms with Crippen LogP contribution in [0.1, 0.15) is 15.4 Å². The molecule has 0 aliphatic carbocycles. The van der Waals surface area contributed by atoms with Gasteiger partial charge in [0.15, 0.2) is 6.61 Å². The quantitative estimate of drug-likeness (QED) is 0.400. The van der Waals surface area contributed by atoms with E-state index in [0.717, 1.165) is 21.6 Å². The van der Waals surface area contributed by atoms with Gasteiger partial charge >= 0.3 is 5.97 Å². The summed E-state index contributed by atoms with van der Waals surface area (Å²) in [6, 6.07) is 15.7. The minimum absolute atomic E-state index is 0.392. The number of aryl methyl sites for hydroxylation is 1. The van der Waals surface area contributed by atoms with Gasteiger partial charge in [-0.05, 0) is 55.5 Å². The summed E-state index contributed by atoms with van der Waals surface area (Å²) in [7, 11) is 0. The Balaban J connectivity index is 1.48. The molecule has 0 spiro atoms. The lowest BCUT2D eigenvalue weighted by molar-refractivity contribution is -0.119. The molecule has 2 heterocycles. The van der Waals surface area contributed by atoms with Crippen molar-refractivity contribution in [3.05, 3.63) is 75.2 Å². The molecule has 2 aromatic carbocycles. The molecule has 9 heteroatoms. The summed E-state index contributed by atoms with van der Waals surface area (Å²) in [6.07, 6.45) is 0. The molecule has 0 bridgehead atoms. The fraction of sp³-hybridized carbons (Fsp3) is 0.0952. The Labute approximate surface area is 186 Å². The van der Waals surface area contributed by atoms with E-state index < -0.39 is 18.5 Å². The van der Waals surface area contributed by atoms with E-state index in [0.29, 0.717) is 20.6 Å². The Kier molecular flexibility index (Phi) is 5.76. The number of esters is 1. The first-order valence-electron chi connectivity index (χ1n) is 8.88. The molecule has 0 aliphatic heterocycles. The van der Waals surface area contributed by atoms with E-state index >= 15 is 0 Å². The van der Waals surface area contributed by atoms with Crippen molar-refractivity contribution < 1.29 is 14.3 Å². The van der Waals surface area contributed by atoms with Crippen LogP contribution in [-0.4, -0.2) is 28.3 Å². The molecular formula is C21H15Cl2N3O3S. The summed E-state index contributed by atoms with van der Waals surface area (Å²) in [6.45, 7) is 1.47. The van der Waals surface area contributed by atoms with Crippen molar-refractivity contribution in [1.29, 1.82) is 0 Å². The third-order valence-electron chi connectivity index (χ3n) is 4.26. The van der Waals surface area contributed by atoms with Crippen LogP contribution in [0.2, 0.25) is 10.0 Å². The lowest BCUT2D eigenvalue weighted by Gasteiger charge is -2.06. The SMILES string of the molecule is Cc1nn(-c2ccc(Cl)cc2)c2sc(C(=O)OCC(=O)Nc3cccc(Cl)c3)cc12. The number of nitrogens with zero attached hydrogens (tertiary/aromatic N) is 2. The number of benzene rings is 2. The van der Waals surface area contributed by atoms with Crippen molar-refractivity contribution in [2.75, 3.05) is 11.9 Å². The monoisotopic (exact) mass is 459 g/mol. The van der Waals surface area contributed by atoms with Gasteiger partial charge in [0.25, 0.3) is 5.91 Å². The minimum atomic E-state index is -0.570. The van der Waals surface area contributed by atoms with Gasteiger partial charge in [0.05, 0.1) is 11.4 Å². The van der Waals surface area contributed by atoms with Crippen LogP contribution < -0.4 is 5.32 Å². The standard InChI is InChI=1S/C21H15Cl2N3O3S/c1-12-17-10-18(30-20(17)26(25-12)16-7-5-13(22)6-8-16)21(28)29-11-19(27)24-15-4-2-3-14(23)9-15/h2-10H,11H2,1H3,(H,24,27). The maximum Gasteiger partial charge on any atom is 0.348 e. The Morgan fingerprint density at radius 3 is 2.60 bits per heavy atom. The largest absolute Gasteiger partial charge is 0.451 e. The first-order chi connectivity index (χ1) is 14.4. The second kappa shape index (κ2) is 8.47. The van der Waals surface area contributed by atoms with E-state index in [1.165, 1.54) is 11.3 Å². The lowest BCUT2D eigenvalue weighted by Crippen LogP contribution is -2.20. The normalized spacial score (nSPS) is 10.9. The number of carbonyl (C=O) groups excluding carboxylic acids is 2. The van der Waals surface area contributed by atoms with E-state index in [2.05, 4.69) is 10.4 Å². The van der Waals surface area contributed by atoms with Crippen LogP contribution in [0.25, 0.3) is 15.9 Å². The average molecular weight is 460 g/mol. The topological polar surface area (TPSA) is 73.2 Å². The Hall–Kier alpha value is -2.87. The van der Waals surface area contributed by atoms with Gasteiger partial charge in [-0.15, -0.1) is 11.3 Å². The molecule has 6 nitrogen and oxygen atoms in total. The number of ether oxygens (including phenoxy) is 1. The molecule has 0 atom stereocenters. The van der Waals surface area contributed by atoms with Gasteiger partial charge in [-0.3, -0.25) is 4.79 Å². The molecule has 30 heavy (non-hydrogen) atoms. The molecule has 0 saturated heterocycles. The summed E-state index contributed by atoms with van der Waals surface area (Å²) < 4.78 is 6.93. The average Bonchev–Trinajstić information content (AvgIpc) is 3.28. The minimum Gasteiger partial charge on any atom is -0.451 e. The lowest BCUT2D eigenvalue weighted by atomic mass is 10.3. The Morgan fingerprint density at radius 1 is 1.10 bits per heavy atom. The highest BCUT2D eigenvalue weighted by molar-refractivity contribution is 7.20. The number of fused-ring (bicyclic) bond motifs is 1. The molecule has 0 fully saturated rings. The summed E-state index contributed by atoms with van der Waals surface area (Å²) in [5.74, 6) is -1.02. The van der Waals surface area contributed by atoms with Crippen molar-refractivity contribution in [3.8, 4) is 5.69 Å². The summed E-state index contributed by atoms with van der Waals surface area (Å²) in [5, 5.41) is 9.15. The zero-order valence-electron chi connectivity index (χ0n) is 15.7. The van der Waals surface area contributed by atoms with E-state index in [1.807, 2.05) is 19.1 Å². The van der Waals surface area contributed by atoms with Crippen molar-refractivity contribution in [1.82, 2.24) is 9.78 Å². The number of hydrogen-bond donors (Lipinski definition) is 1. The Morgan fingerprint density at radius 2 is 1.87 bits per heavy atom. The predicted octanol–water partition coefficient (Wildman–Crippen LogP) is 5.50. The molecule has 1 amide bonds. The van der Waals surface area contributed by atoms with Gasteiger partial charge in [-0.25, -0.2) is 9.48 Å². The molecule has 0 radical (unpaired) electrons. The van der Waals surface area contributed by atoms with Crippen LogP contribution in [0.15, 0.2) is 54.6 Å². The third kappa shape index (κ3) is 4.33. The first kappa shape index (κ1) is 20.4. The van der Waals surface area contributed by atoms with Gasteiger partial charge in [-0.1, -0.05) is 29.3 Å². The van der Waals surface area contributed by atoms with Crippen LogP contribution in [0.5, 0.6) is 0 Å². The molecule has 152 valence electrons.